The molecule has 0 aromatic heterocycles. The van der Waals surface area contributed by atoms with Crippen LogP contribution in [0.4, 0.5) is 13.2 Å². The summed E-state index contributed by atoms with van der Waals surface area (Å²) in [6.07, 6.45) is 0.430. The molecule has 1 aliphatic carbocycles. The Morgan fingerprint density at radius 2 is 1.77 bits per heavy atom. The highest BCUT2D eigenvalue weighted by molar-refractivity contribution is 7.85. The molecule has 1 unspecified atom stereocenters. The van der Waals surface area contributed by atoms with Crippen molar-refractivity contribution in [2.24, 2.45) is 5.92 Å². The van der Waals surface area contributed by atoms with Gasteiger partial charge >= 0.3 is 12.3 Å². The summed E-state index contributed by atoms with van der Waals surface area (Å²) in [5.74, 6) is -2.64. The standard InChI is InChI=1S/C20H27F3O7S/c1-3-19(2,15-7-5-4-6-8-15)29-17-13-14(9-10-16(17)30-20(21,22)23)18(24)28-11-12-31(25,26)27/h9-10,13,15H,3-8,11-12H2,1-2H3,(H,25,26,27)/p-1. The predicted molar refractivity (Wildman–Crippen MR) is 104 cm³/mol. The molecule has 7 nitrogen and oxygen atoms in total. The van der Waals surface area contributed by atoms with Gasteiger partial charge in [-0.1, -0.05) is 26.2 Å². The van der Waals surface area contributed by atoms with Crippen LogP contribution in [0.5, 0.6) is 11.5 Å². The van der Waals surface area contributed by atoms with E-state index in [0.717, 1.165) is 50.3 Å². The van der Waals surface area contributed by atoms with Crippen LogP contribution < -0.4 is 9.47 Å². The molecule has 1 aliphatic rings. The van der Waals surface area contributed by atoms with Gasteiger partial charge in [0.05, 0.1) is 21.4 Å². The lowest BCUT2D eigenvalue weighted by Gasteiger charge is -2.40. The Labute approximate surface area is 179 Å². The minimum absolute atomic E-state index is 0.128. The van der Waals surface area contributed by atoms with E-state index in [4.69, 9.17) is 9.47 Å². The molecule has 1 fully saturated rings. The van der Waals surface area contributed by atoms with Crippen LogP contribution >= 0.6 is 0 Å². The number of hydrogen-bond donors (Lipinski definition) is 0. The minimum Gasteiger partial charge on any atom is -0.748 e. The molecule has 1 atom stereocenters. The Balaban J connectivity index is 2.30. The highest BCUT2D eigenvalue weighted by Crippen LogP contribution is 2.41. The number of halogens is 3. The predicted octanol–water partition coefficient (Wildman–Crippen LogP) is 4.42. The van der Waals surface area contributed by atoms with Gasteiger partial charge in [0.1, 0.15) is 12.2 Å². The molecule has 2 rings (SSSR count). The lowest BCUT2D eigenvalue weighted by molar-refractivity contribution is -0.275. The van der Waals surface area contributed by atoms with Gasteiger partial charge in [0.2, 0.25) is 0 Å². The second kappa shape index (κ2) is 10.1. The first-order valence-electron chi connectivity index (χ1n) is 10.0. The minimum atomic E-state index is -4.96. The molecule has 31 heavy (non-hydrogen) atoms. The number of carbonyl (C=O) groups is 1. The van der Waals surface area contributed by atoms with Gasteiger partial charge in [-0.2, -0.15) is 0 Å². The third kappa shape index (κ3) is 7.88. The summed E-state index contributed by atoms with van der Waals surface area (Å²) in [5.41, 5.74) is -0.932. The number of alkyl halides is 3. The van der Waals surface area contributed by atoms with Crippen molar-refractivity contribution in [2.75, 3.05) is 12.4 Å². The zero-order chi connectivity index (χ0) is 23.3. The summed E-state index contributed by atoms with van der Waals surface area (Å²) < 4.78 is 85.4. The average molecular weight is 467 g/mol. The first kappa shape index (κ1) is 25.3. The smallest absolute Gasteiger partial charge is 0.573 e. The maximum atomic E-state index is 12.9. The van der Waals surface area contributed by atoms with Gasteiger partial charge in [-0.05, 0) is 50.3 Å². The average Bonchev–Trinajstić information content (AvgIpc) is 2.67. The molecule has 176 valence electrons. The van der Waals surface area contributed by atoms with E-state index in [9.17, 15) is 30.9 Å². The fourth-order valence-electron chi connectivity index (χ4n) is 3.65. The zero-order valence-electron chi connectivity index (χ0n) is 17.4. The van der Waals surface area contributed by atoms with Crippen molar-refractivity contribution in [1.82, 2.24) is 0 Å². The largest absolute Gasteiger partial charge is 0.748 e. The molecule has 0 bridgehead atoms. The summed E-state index contributed by atoms with van der Waals surface area (Å²) in [6.45, 7) is 3.03. The van der Waals surface area contributed by atoms with Gasteiger partial charge in [0.15, 0.2) is 11.5 Å². The third-order valence-electron chi connectivity index (χ3n) is 5.49. The first-order chi connectivity index (χ1) is 14.3. The molecule has 0 N–H and O–H groups in total. The second-order valence-electron chi connectivity index (χ2n) is 7.71. The summed E-state index contributed by atoms with van der Waals surface area (Å²) in [6, 6.07) is 3.07. The van der Waals surface area contributed by atoms with E-state index in [0.29, 0.717) is 6.42 Å². The summed E-state index contributed by atoms with van der Waals surface area (Å²) in [4.78, 5) is 12.2. The summed E-state index contributed by atoms with van der Waals surface area (Å²) >= 11 is 0. The van der Waals surface area contributed by atoms with Crippen molar-refractivity contribution in [3.8, 4) is 11.5 Å². The molecule has 11 heteroatoms. The van der Waals surface area contributed by atoms with Gasteiger partial charge in [-0.15, -0.1) is 13.2 Å². The monoisotopic (exact) mass is 467 g/mol. The number of esters is 1. The van der Waals surface area contributed by atoms with Gasteiger partial charge in [0, 0.05) is 0 Å². The van der Waals surface area contributed by atoms with Crippen LogP contribution in [-0.4, -0.2) is 43.3 Å². The van der Waals surface area contributed by atoms with E-state index < -0.39 is 46.2 Å². The van der Waals surface area contributed by atoms with Crippen molar-refractivity contribution < 1.29 is 45.1 Å². The number of carbonyl (C=O) groups excluding carboxylic acids is 1. The SMILES string of the molecule is CCC(C)(Oc1cc(C(=O)OCCS(=O)(=O)[O-])ccc1OC(F)(F)F)C1CCCCC1. The Hall–Kier alpha value is -2.01. The van der Waals surface area contributed by atoms with Crippen molar-refractivity contribution >= 4 is 16.1 Å². The lowest BCUT2D eigenvalue weighted by atomic mass is 9.76. The normalized spacial score (nSPS) is 17.6. The van der Waals surface area contributed by atoms with Gasteiger partial charge in [-0.25, -0.2) is 13.2 Å². The van der Waals surface area contributed by atoms with E-state index in [2.05, 4.69) is 4.74 Å². The van der Waals surface area contributed by atoms with E-state index in [1.54, 1.807) is 0 Å². The van der Waals surface area contributed by atoms with Crippen molar-refractivity contribution in [3.63, 3.8) is 0 Å². The molecule has 0 amide bonds. The van der Waals surface area contributed by atoms with Crippen LogP contribution in [-0.2, 0) is 14.9 Å². The van der Waals surface area contributed by atoms with Crippen LogP contribution in [0.1, 0.15) is 62.7 Å². The summed E-state index contributed by atoms with van der Waals surface area (Å²) in [5, 5.41) is 0. The van der Waals surface area contributed by atoms with Crippen LogP contribution in [0.2, 0.25) is 0 Å². The first-order valence-corrected chi connectivity index (χ1v) is 11.6. The number of benzene rings is 1. The van der Waals surface area contributed by atoms with Crippen molar-refractivity contribution in [1.29, 1.82) is 0 Å². The molecular weight excluding hydrogens is 441 g/mol. The Bertz CT molecular complexity index is 864. The second-order valence-corrected chi connectivity index (χ2v) is 9.23. The molecule has 0 saturated heterocycles. The third-order valence-corrected chi connectivity index (χ3v) is 6.15. The number of rotatable bonds is 9. The van der Waals surface area contributed by atoms with E-state index >= 15 is 0 Å². The Kier molecular flexibility index (Phi) is 8.21. The van der Waals surface area contributed by atoms with Crippen LogP contribution in [0.25, 0.3) is 0 Å². The number of ether oxygens (including phenoxy) is 3. The molecule has 1 saturated carbocycles. The van der Waals surface area contributed by atoms with E-state index in [1.807, 2.05) is 13.8 Å². The van der Waals surface area contributed by atoms with Crippen LogP contribution in [0.3, 0.4) is 0 Å². The highest BCUT2D eigenvalue weighted by Gasteiger charge is 2.38. The fourth-order valence-corrected chi connectivity index (χ4v) is 3.94. The highest BCUT2D eigenvalue weighted by atomic mass is 32.2. The molecule has 0 spiro atoms. The Morgan fingerprint density at radius 1 is 1.13 bits per heavy atom. The van der Waals surface area contributed by atoms with Crippen LogP contribution in [0, 0.1) is 5.92 Å². The summed E-state index contributed by atoms with van der Waals surface area (Å²) in [7, 11) is -4.57. The number of hydrogen-bond acceptors (Lipinski definition) is 7. The Morgan fingerprint density at radius 3 is 2.32 bits per heavy atom. The van der Waals surface area contributed by atoms with Gasteiger partial charge in [0.25, 0.3) is 0 Å². The maximum Gasteiger partial charge on any atom is 0.573 e. The maximum absolute atomic E-state index is 12.9. The topological polar surface area (TPSA) is 102 Å². The quantitative estimate of drug-likeness (QED) is 0.391. The van der Waals surface area contributed by atoms with E-state index in [-0.39, 0.29) is 17.2 Å². The molecule has 0 radical (unpaired) electrons. The van der Waals surface area contributed by atoms with E-state index in [1.165, 1.54) is 0 Å². The van der Waals surface area contributed by atoms with Gasteiger partial charge < -0.3 is 18.8 Å². The van der Waals surface area contributed by atoms with Crippen LogP contribution in [0.15, 0.2) is 18.2 Å². The molecular formula is C20H26F3O7S-. The molecule has 1 aromatic carbocycles. The fraction of sp³-hybridized carbons (Fsp3) is 0.650. The molecule has 0 aliphatic heterocycles. The van der Waals surface area contributed by atoms with Crippen molar-refractivity contribution in [3.05, 3.63) is 23.8 Å². The molecule has 1 aromatic rings. The lowest BCUT2D eigenvalue weighted by Crippen LogP contribution is -2.41. The zero-order valence-corrected chi connectivity index (χ0v) is 18.2. The van der Waals surface area contributed by atoms with Crippen molar-refractivity contribution in [2.45, 2.75) is 64.3 Å². The van der Waals surface area contributed by atoms with Gasteiger partial charge in [-0.3, -0.25) is 0 Å². The molecule has 0 heterocycles.